The van der Waals surface area contributed by atoms with Crippen LogP contribution in [-0.4, -0.2) is 34.0 Å². The highest BCUT2D eigenvalue weighted by atomic mass is 16.2. The molecule has 0 bridgehead atoms. The molecule has 2 aromatic rings. The van der Waals surface area contributed by atoms with Gasteiger partial charge in [0.15, 0.2) is 5.69 Å². The van der Waals surface area contributed by atoms with E-state index in [2.05, 4.69) is 15.7 Å². The number of carbonyl (C=O) groups is 2. The number of amides is 2. The molecule has 0 aliphatic rings. The van der Waals surface area contributed by atoms with Gasteiger partial charge in [-0.3, -0.25) is 9.59 Å². The van der Waals surface area contributed by atoms with E-state index in [1.54, 1.807) is 16.8 Å². The number of hydrogen-bond acceptors (Lipinski definition) is 3. The number of carbonyl (C=O) groups excluding carboxylic acids is 2. The lowest BCUT2D eigenvalue weighted by atomic mass is 10.2. The highest BCUT2D eigenvalue weighted by Crippen LogP contribution is 2.05. The summed E-state index contributed by atoms with van der Waals surface area (Å²) in [7, 11) is 0. The van der Waals surface area contributed by atoms with Crippen LogP contribution in [0.25, 0.3) is 5.52 Å². The Hall–Kier alpha value is -2.37. The Bertz CT molecular complexity index is 587. The van der Waals surface area contributed by atoms with Crippen molar-refractivity contribution in [2.45, 2.75) is 26.3 Å². The second-order valence-corrected chi connectivity index (χ2v) is 4.66. The molecule has 0 aliphatic carbocycles. The molecule has 0 radical (unpaired) electrons. The summed E-state index contributed by atoms with van der Waals surface area (Å²) in [5.74, 6) is -0.551. The summed E-state index contributed by atoms with van der Waals surface area (Å²) >= 11 is 0. The Balaban J connectivity index is 1.93. The zero-order valence-corrected chi connectivity index (χ0v) is 11.6. The Morgan fingerprint density at radius 1 is 1.40 bits per heavy atom. The lowest BCUT2D eigenvalue weighted by molar-refractivity contribution is -0.120. The van der Waals surface area contributed by atoms with Gasteiger partial charge in [0.25, 0.3) is 5.91 Å². The van der Waals surface area contributed by atoms with Crippen molar-refractivity contribution in [3.63, 3.8) is 0 Å². The minimum Gasteiger partial charge on any atom is -0.352 e. The van der Waals surface area contributed by atoms with E-state index in [-0.39, 0.29) is 24.4 Å². The topological polar surface area (TPSA) is 75.5 Å². The van der Waals surface area contributed by atoms with Crippen molar-refractivity contribution in [1.29, 1.82) is 0 Å². The lowest BCUT2D eigenvalue weighted by Gasteiger charge is -2.11. The highest BCUT2D eigenvalue weighted by Gasteiger charge is 2.12. The summed E-state index contributed by atoms with van der Waals surface area (Å²) in [5, 5.41) is 9.49. The third kappa shape index (κ3) is 3.34. The van der Waals surface area contributed by atoms with E-state index in [4.69, 9.17) is 0 Å². The van der Waals surface area contributed by atoms with Crippen LogP contribution in [0, 0.1) is 0 Å². The van der Waals surface area contributed by atoms with E-state index in [1.165, 1.54) is 0 Å². The average molecular weight is 274 g/mol. The van der Waals surface area contributed by atoms with E-state index < -0.39 is 0 Å². The molecular formula is C14H18N4O2. The van der Waals surface area contributed by atoms with Crippen LogP contribution < -0.4 is 10.6 Å². The van der Waals surface area contributed by atoms with Crippen molar-refractivity contribution >= 4 is 17.3 Å². The normalized spacial score (nSPS) is 12.1. The number of hydrogen-bond donors (Lipinski definition) is 2. The van der Waals surface area contributed by atoms with Crippen LogP contribution in [0.15, 0.2) is 30.5 Å². The number of rotatable bonds is 5. The number of nitrogens with one attached hydrogen (secondary N) is 2. The molecule has 2 heterocycles. The highest BCUT2D eigenvalue weighted by molar-refractivity contribution is 5.95. The molecule has 2 rings (SSSR count). The van der Waals surface area contributed by atoms with Gasteiger partial charge in [0, 0.05) is 12.2 Å². The van der Waals surface area contributed by atoms with Gasteiger partial charge in [0.1, 0.15) is 0 Å². The van der Waals surface area contributed by atoms with Gasteiger partial charge in [-0.25, -0.2) is 4.52 Å². The Kier molecular flexibility index (Phi) is 4.34. The largest absolute Gasteiger partial charge is 0.352 e. The molecule has 2 amide bonds. The van der Waals surface area contributed by atoms with Gasteiger partial charge in [-0.15, -0.1) is 0 Å². The molecule has 0 spiro atoms. The van der Waals surface area contributed by atoms with Gasteiger partial charge in [-0.1, -0.05) is 13.0 Å². The van der Waals surface area contributed by atoms with E-state index in [0.29, 0.717) is 5.69 Å². The maximum atomic E-state index is 11.9. The fourth-order valence-corrected chi connectivity index (χ4v) is 1.73. The van der Waals surface area contributed by atoms with E-state index in [1.807, 2.05) is 32.0 Å². The third-order valence-electron chi connectivity index (χ3n) is 3.03. The molecule has 20 heavy (non-hydrogen) atoms. The van der Waals surface area contributed by atoms with Crippen LogP contribution in [0.1, 0.15) is 30.8 Å². The first kappa shape index (κ1) is 14.0. The van der Waals surface area contributed by atoms with E-state index in [9.17, 15) is 9.59 Å². The molecule has 0 saturated heterocycles. The molecule has 2 aromatic heterocycles. The second-order valence-electron chi connectivity index (χ2n) is 4.66. The van der Waals surface area contributed by atoms with Crippen molar-refractivity contribution < 1.29 is 9.59 Å². The summed E-state index contributed by atoms with van der Waals surface area (Å²) < 4.78 is 1.62. The monoisotopic (exact) mass is 274 g/mol. The van der Waals surface area contributed by atoms with Gasteiger partial charge in [0.2, 0.25) is 5.91 Å². The first-order chi connectivity index (χ1) is 9.60. The first-order valence-electron chi connectivity index (χ1n) is 6.62. The molecule has 0 saturated carbocycles. The zero-order chi connectivity index (χ0) is 14.5. The van der Waals surface area contributed by atoms with Crippen LogP contribution in [0.2, 0.25) is 0 Å². The molecular weight excluding hydrogens is 256 g/mol. The van der Waals surface area contributed by atoms with Crippen molar-refractivity contribution in [2.75, 3.05) is 6.54 Å². The smallest absolute Gasteiger partial charge is 0.272 e. The third-order valence-corrected chi connectivity index (χ3v) is 3.03. The van der Waals surface area contributed by atoms with Crippen molar-refractivity contribution in [3.05, 3.63) is 36.2 Å². The molecule has 1 atom stereocenters. The van der Waals surface area contributed by atoms with Gasteiger partial charge < -0.3 is 10.6 Å². The minimum absolute atomic E-state index is 0.0446. The number of pyridine rings is 1. The van der Waals surface area contributed by atoms with Crippen LogP contribution in [0.4, 0.5) is 0 Å². The number of nitrogens with zero attached hydrogens (tertiary/aromatic N) is 2. The SMILES string of the molecule is CCC(C)NC(=O)CNC(=O)c1cc2ccccn2n1. The van der Waals surface area contributed by atoms with Crippen LogP contribution in [-0.2, 0) is 4.79 Å². The predicted octanol–water partition coefficient (Wildman–Crippen LogP) is 0.979. The average Bonchev–Trinajstić information content (AvgIpc) is 2.88. The molecule has 106 valence electrons. The predicted molar refractivity (Wildman–Crippen MR) is 75.4 cm³/mol. The molecule has 2 N–H and O–H groups in total. The molecule has 1 unspecified atom stereocenters. The van der Waals surface area contributed by atoms with Gasteiger partial charge in [0.05, 0.1) is 12.1 Å². The van der Waals surface area contributed by atoms with Gasteiger partial charge in [-0.2, -0.15) is 5.10 Å². The summed E-state index contributed by atoms with van der Waals surface area (Å²) in [6, 6.07) is 7.36. The Morgan fingerprint density at radius 2 is 2.20 bits per heavy atom. The Morgan fingerprint density at radius 3 is 2.90 bits per heavy atom. The van der Waals surface area contributed by atoms with Crippen LogP contribution >= 0.6 is 0 Å². The van der Waals surface area contributed by atoms with Crippen LogP contribution in [0.5, 0.6) is 0 Å². The standard InChI is InChI=1S/C14H18N4O2/c1-3-10(2)16-13(19)9-15-14(20)12-8-11-6-4-5-7-18(11)17-12/h4-8,10H,3,9H2,1-2H3,(H,15,20)(H,16,19). The second kappa shape index (κ2) is 6.18. The fourth-order valence-electron chi connectivity index (χ4n) is 1.73. The van der Waals surface area contributed by atoms with E-state index >= 15 is 0 Å². The number of aromatic nitrogens is 2. The molecule has 6 nitrogen and oxygen atoms in total. The van der Waals surface area contributed by atoms with Crippen molar-refractivity contribution in [3.8, 4) is 0 Å². The minimum atomic E-state index is -0.354. The summed E-state index contributed by atoms with van der Waals surface area (Å²) in [4.78, 5) is 23.5. The molecule has 0 fully saturated rings. The zero-order valence-electron chi connectivity index (χ0n) is 11.6. The number of fused-ring (bicyclic) bond motifs is 1. The fraction of sp³-hybridized carbons (Fsp3) is 0.357. The van der Waals surface area contributed by atoms with Gasteiger partial charge in [-0.05, 0) is 31.5 Å². The van der Waals surface area contributed by atoms with Gasteiger partial charge >= 0.3 is 0 Å². The molecule has 0 aliphatic heterocycles. The molecule has 0 aromatic carbocycles. The molecule has 6 heteroatoms. The lowest BCUT2D eigenvalue weighted by Crippen LogP contribution is -2.40. The quantitative estimate of drug-likeness (QED) is 0.853. The van der Waals surface area contributed by atoms with Crippen molar-refractivity contribution in [2.24, 2.45) is 0 Å². The maximum Gasteiger partial charge on any atom is 0.272 e. The Labute approximate surface area is 117 Å². The summed E-state index contributed by atoms with van der Waals surface area (Å²) in [5.41, 5.74) is 1.13. The van der Waals surface area contributed by atoms with Crippen molar-refractivity contribution in [1.82, 2.24) is 20.2 Å². The summed E-state index contributed by atoms with van der Waals surface area (Å²) in [6.45, 7) is 3.86. The maximum absolute atomic E-state index is 11.9. The van der Waals surface area contributed by atoms with E-state index in [0.717, 1.165) is 11.9 Å². The first-order valence-corrected chi connectivity index (χ1v) is 6.62. The van der Waals surface area contributed by atoms with Crippen LogP contribution in [0.3, 0.4) is 0 Å². The summed E-state index contributed by atoms with van der Waals surface area (Å²) in [6.07, 6.45) is 2.62.